The van der Waals surface area contributed by atoms with Crippen molar-refractivity contribution in [3.8, 4) is 0 Å². The van der Waals surface area contributed by atoms with E-state index in [1.54, 1.807) is 13.0 Å². The minimum Gasteiger partial charge on any atom is -0.398 e. The number of nitrogen functional groups attached to an aromatic ring is 1. The van der Waals surface area contributed by atoms with Gasteiger partial charge < -0.3 is 15.8 Å². The van der Waals surface area contributed by atoms with Gasteiger partial charge in [0.2, 0.25) is 0 Å². The third kappa shape index (κ3) is 2.95. The van der Waals surface area contributed by atoms with Crippen LogP contribution in [-0.2, 0) is 9.53 Å². The van der Waals surface area contributed by atoms with Gasteiger partial charge in [-0.05, 0) is 31.5 Å². The summed E-state index contributed by atoms with van der Waals surface area (Å²) in [7, 11) is 1.49. The highest BCUT2D eigenvalue weighted by Gasteiger charge is 2.11. The topological polar surface area (TPSA) is 64.3 Å². The number of methoxy groups -OCH3 is 1. The number of aryl methyl sites for hydroxylation is 1. The summed E-state index contributed by atoms with van der Waals surface area (Å²) in [5.74, 6) is -0.180. The van der Waals surface area contributed by atoms with Crippen LogP contribution in [-0.4, -0.2) is 19.1 Å². The van der Waals surface area contributed by atoms with E-state index in [4.69, 9.17) is 10.5 Å². The number of nitrogens with two attached hydrogens (primary N) is 1. The fourth-order valence-corrected chi connectivity index (χ4v) is 1.07. The minimum absolute atomic E-state index is 0.180. The van der Waals surface area contributed by atoms with E-state index in [1.165, 1.54) is 7.11 Å². The molecule has 0 aliphatic carbocycles. The Morgan fingerprint density at radius 3 is 2.73 bits per heavy atom. The van der Waals surface area contributed by atoms with Crippen LogP contribution in [0.5, 0.6) is 0 Å². The van der Waals surface area contributed by atoms with Crippen molar-refractivity contribution in [1.82, 2.24) is 0 Å². The molecule has 82 valence electrons. The molecule has 0 bridgehead atoms. The van der Waals surface area contributed by atoms with Crippen LogP contribution in [0.4, 0.5) is 11.4 Å². The first-order valence-corrected chi connectivity index (χ1v) is 4.74. The molecule has 1 unspecified atom stereocenters. The van der Waals surface area contributed by atoms with Gasteiger partial charge in [-0.15, -0.1) is 0 Å². The number of benzene rings is 1. The highest BCUT2D eigenvalue weighted by molar-refractivity contribution is 5.94. The average Bonchev–Trinajstić information content (AvgIpc) is 2.22. The monoisotopic (exact) mass is 208 g/mol. The molecule has 0 aliphatic heterocycles. The van der Waals surface area contributed by atoms with Crippen LogP contribution in [0, 0.1) is 6.92 Å². The molecule has 4 heteroatoms. The Morgan fingerprint density at radius 1 is 1.53 bits per heavy atom. The largest absolute Gasteiger partial charge is 0.398 e. The first-order valence-electron chi connectivity index (χ1n) is 4.74. The third-order valence-corrected chi connectivity index (χ3v) is 2.27. The van der Waals surface area contributed by atoms with Gasteiger partial charge in [0.1, 0.15) is 6.10 Å². The lowest BCUT2D eigenvalue weighted by Gasteiger charge is -2.11. The summed E-state index contributed by atoms with van der Waals surface area (Å²) in [5.41, 5.74) is 8.07. The van der Waals surface area contributed by atoms with E-state index in [-0.39, 0.29) is 5.91 Å². The molecule has 15 heavy (non-hydrogen) atoms. The van der Waals surface area contributed by atoms with Crippen LogP contribution in [0.2, 0.25) is 0 Å². The van der Waals surface area contributed by atoms with Crippen molar-refractivity contribution in [2.45, 2.75) is 20.0 Å². The summed E-state index contributed by atoms with van der Waals surface area (Å²) in [6, 6.07) is 5.41. The molecule has 1 rings (SSSR count). The second-order valence-corrected chi connectivity index (χ2v) is 3.44. The van der Waals surface area contributed by atoms with Gasteiger partial charge in [-0.25, -0.2) is 0 Å². The summed E-state index contributed by atoms with van der Waals surface area (Å²) >= 11 is 0. The normalized spacial score (nSPS) is 12.2. The molecule has 1 amide bonds. The van der Waals surface area contributed by atoms with Crippen LogP contribution in [0.3, 0.4) is 0 Å². The zero-order chi connectivity index (χ0) is 11.4. The van der Waals surface area contributed by atoms with Gasteiger partial charge in [-0.1, -0.05) is 6.07 Å². The Bertz CT molecular complexity index is 364. The number of rotatable bonds is 3. The fraction of sp³-hybridized carbons (Fsp3) is 0.364. The Hall–Kier alpha value is -1.55. The summed E-state index contributed by atoms with van der Waals surface area (Å²) < 4.78 is 4.89. The molecule has 3 N–H and O–H groups in total. The molecule has 1 atom stereocenters. The van der Waals surface area contributed by atoms with Gasteiger partial charge in [-0.2, -0.15) is 0 Å². The van der Waals surface area contributed by atoms with Crippen molar-refractivity contribution in [2.75, 3.05) is 18.2 Å². The zero-order valence-corrected chi connectivity index (χ0v) is 9.20. The number of carbonyl (C=O) groups is 1. The molecule has 0 saturated heterocycles. The van der Waals surface area contributed by atoms with Gasteiger partial charge in [0.25, 0.3) is 5.91 Å². The Labute approximate surface area is 89.4 Å². The second-order valence-electron chi connectivity index (χ2n) is 3.44. The summed E-state index contributed by atoms with van der Waals surface area (Å²) in [6.07, 6.45) is -0.465. The number of amides is 1. The molecule has 0 saturated carbocycles. The van der Waals surface area contributed by atoms with Crippen molar-refractivity contribution >= 4 is 17.3 Å². The maximum absolute atomic E-state index is 11.5. The molecule has 0 spiro atoms. The zero-order valence-electron chi connectivity index (χ0n) is 9.20. The number of anilines is 2. The number of hydrogen-bond donors (Lipinski definition) is 2. The molecule has 4 nitrogen and oxygen atoms in total. The van der Waals surface area contributed by atoms with E-state index in [1.807, 2.05) is 19.1 Å². The Morgan fingerprint density at radius 2 is 2.20 bits per heavy atom. The average molecular weight is 208 g/mol. The molecule has 1 aromatic carbocycles. The predicted molar refractivity (Wildman–Crippen MR) is 60.7 cm³/mol. The fourth-order valence-electron chi connectivity index (χ4n) is 1.07. The van der Waals surface area contributed by atoms with Crippen molar-refractivity contribution < 1.29 is 9.53 Å². The SMILES string of the molecule is COC(C)C(=O)Nc1ccc(C)c(N)c1. The lowest BCUT2D eigenvalue weighted by atomic mass is 10.2. The van der Waals surface area contributed by atoms with E-state index in [9.17, 15) is 4.79 Å². The highest BCUT2D eigenvalue weighted by atomic mass is 16.5. The number of hydrogen-bond acceptors (Lipinski definition) is 3. The Kier molecular flexibility index (Phi) is 3.68. The third-order valence-electron chi connectivity index (χ3n) is 2.27. The lowest BCUT2D eigenvalue weighted by molar-refractivity contribution is -0.124. The van der Waals surface area contributed by atoms with Crippen LogP contribution in [0.15, 0.2) is 18.2 Å². The molecule has 0 aromatic heterocycles. The minimum atomic E-state index is -0.465. The molecular formula is C11H16N2O2. The van der Waals surface area contributed by atoms with Gasteiger partial charge >= 0.3 is 0 Å². The standard InChI is InChI=1S/C11H16N2O2/c1-7-4-5-9(6-10(7)12)13-11(14)8(2)15-3/h4-6,8H,12H2,1-3H3,(H,13,14). The van der Waals surface area contributed by atoms with Gasteiger partial charge in [0.05, 0.1) is 0 Å². The van der Waals surface area contributed by atoms with Crippen molar-refractivity contribution in [1.29, 1.82) is 0 Å². The van der Waals surface area contributed by atoms with E-state index >= 15 is 0 Å². The summed E-state index contributed by atoms with van der Waals surface area (Å²) in [5, 5.41) is 2.72. The smallest absolute Gasteiger partial charge is 0.253 e. The predicted octanol–water partition coefficient (Wildman–Crippen LogP) is 1.55. The number of carbonyl (C=O) groups excluding carboxylic acids is 1. The van der Waals surface area contributed by atoms with Crippen molar-refractivity contribution in [2.24, 2.45) is 0 Å². The van der Waals surface area contributed by atoms with E-state index in [0.29, 0.717) is 11.4 Å². The molecule has 1 aromatic rings. The lowest BCUT2D eigenvalue weighted by Crippen LogP contribution is -2.26. The van der Waals surface area contributed by atoms with Crippen LogP contribution in [0.25, 0.3) is 0 Å². The number of ether oxygens (including phenoxy) is 1. The van der Waals surface area contributed by atoms with Gasteiger partial charge in [0, 0.05) is 18.5 Å². The summed E-state index contributed by atoms with van der Waals surface area (Å²) in [4.78, 5) is 11.5. The van der Waals surface area contributed by atoms with Crippen molar-refractivity contribution in [3.63, 3.8) is 0 Å². The van der Waals surface area contributed by atoms with Crippen molar-refractivity contribution in [3.05, 3.63) is 23.8 Å². The van der Waals surface area contributed by atoms with Crippen LogP contribution < -0.4 is 11.1 Å². The molecule has 0 radical (unpaired) electrons. The highest BCUT2D eigenvalue weighted by Crippen LogP contribution is 2.17. The van der Waals surface area contributed by atoms with E-state index in [0.717, 1.165) is 5.56 Å². The molecular weight excluding hydrogens is 192 g/mol. The second kappa shape index (κ2) is 4.79. The Balaban J connectivity index is 2.73. The van der Waals surface area contributed by atoms with Gasteiger partial charge in [-0.3, -0.25) is 4.79 Å². The summed E-state index contributed by atoms with van der Waals surface area (Å²) in [6.45, 7) is 3.60. The van der Waals surface area contributed by atoms with E-state index in [2.05, 4.69) is 5.32 Å². The van der Waals surface area contributed by atoms with E-state index < -0.39 is 6.10 Å². The first-order chi connectivity index (χ1) is 7.04. The molecule has 0 fully saturated rings. The maximum atomic E-state index is 11.5. The molecule has 0 heterocycles. The number of nitrogens with one attached hydrogen (secondary N) is 1. The quantitative estimate of drug-likeness (QED) is 0.741. The van der Waals surface area contributed by atoms with Crippen LogP contribution in [0.1, 0.15) is 12.5 Å². The van der Waals surface area contributed by atoms with Crippen LogP contribution >= 0.6 is 0 Å². The molecule has 0 aliphatic rings. The first kappa shape index (κ1) is 11.5. The van der Waals surface area contributed by atoms with Gasteiger partial charge in [0.15, 0.2) is 0 Å². The maximum Gasteiger partial charge on any atom is 0.253 e.